The van der Waals surface area contributed by atoms with Gasteiger partial charge in [0.2, 0.25) is 0 Å². The number of benzene rings is 1. The van der Waals surface area contributed by atoms with Crippen LogP contribution in [0.5, 0.6) is 0 Å². The lowest BCUT2D eigenvalue weighted by Gasteiger charge is -2.38. The number of hydrogen-bond donors (Lipinski definition) is 1. The minimum Gasteiger partial charge on any atom is -0.371 e. The lowest BCUT2D eigenvalue weighted by molar-refractivity contribution is -0.169. The first-order valence-electron chi connectivity index (χ1n) is 9.19. The van der Waals surface area contributed by atoms with Crippen LogP contribution < -0.4 is 4.90 Å². The van der Waals surface area contributed by atoms with Crippen molar-refractivity contribution in [2.45, 2.75) is 25.2 Å². The zero-order chi connectivity index (χ0) is 18.7. The highest BCUT2D eigenvalue weighted by Gasteiger charge is 2.39. The van der Waals surface area contributed by atoms with E-state index in [4.69, 9.17) is 9.47 Å². The van der Waals surface area contributed by atoms with Gasteiger partial charge in [0.15, 0.2) is 5.79 Å². The normalized spacial score (nSPS) is 18.6. The zero-order valence-corrected chi connectivity index (χ0v) is 15.1. The zero-order valence-electron chi connectivity index (χ0n) is 15.1. The number of nitrogens with zero attached hydrogens (tertiary/aromatic N) is 3. The molecule has 2 fully saturated rings. The molecule has 2 saturated heterocycles. The Morgan fingerprint density at radius 2 is 1.85 bits per heavy atom. The number of aromatic nitrogens is 1. The van der Waals surface area contributed by atoms with Gasteiger partial charge in [-0.15, -0.1) is 0 Å². The average molecular weight is 369 g/mol. The van der Waals surface area contributed by atoms with Crippen molar-refractivity contribution in [1.82, 2.24) is 10.0 Å². The van der Waals surface area contributed by atoms with E-state index >= 15 is 0 Å². The number of hydroxylamine groups is 2. The Morgan fingerprint density at radius 1 is 1.15 bits per heavy atom. The fraction of sp³-hybridized carbons (Fsp3) is 0.400. The number of carbonyl (C=O) groups is 1. The molecule has 2 aliphatic rings. The third-order valence-corrected chi connectivity index (χ3v) is 5.08. The molecule has 0 atom stereocenters. The minimum absolute atomic E-state index is 0.118. The van der Waals surface area contributed by atoms with Gasteiger partial charge >= 0.3 is 0 Å². The van der Waals surface area contributed by atoms with Crippen LogP contribution in [0.15, 0.2) is 48.7 Å². The molecule has 7 heteroatoms. The summed E-state index contributed by atoms with van der Waals surface area (Å²) in [5, 5.41) is 10.9. The van der Waals surface area contributed by atoms with Gasteiger partial charge in [-0.1, -0.05) is 30.3 Å². The van der Waals surface area contributed by atoms with Gasteiger partial charge in [0.05, 0.1) is 19.8 Å². The van der Waals surface area contributed by atoms with Crippen molar-refractivity contribution in [3.63, 3.8) is 0 Å². The number of anilines is 1. The highest BCUT2D eigenvalue weighted by Crippen LogP contribution is 2.33. The molecule has 0 unspecified atom stereocenters. The highest BCUT2D eigenvalue weighted by molar-refractivity contribution is 5.92. The van der Waals surface area contributed by atoms with Crippen molar-refractivity contribution >= 4 is 11.6 Å². The Hall–Kier alpha value is -2.48. The third-order valence-electron chi connectivity index (χ3n) is 5.08. The molecular formula is C20H23N3O4. The Morgan fingerprint density at radius 3 is 2.56 bits per heavy atom. The van der Waals surface area contributed by atoms with Gasteiger partial charge < -0.3 is 14.4 Å². The van der Waals surface area contributed by atoms with Crippen LogP contribution in [0.2, 0.25) is 0 Å². The molecule has 1 amide bonds. The monoisotopic (exact) mass is 369 g/mol. The number of pyridine rings is 1. The number of rotatable bonds is 4. The number of carbonyl (C=O) groups excluding carboxylic acids is 1. The SMILES string of the molecule is O=C(c1cc(N2CCC3(CC2)OCCO3)ccn1)N(O)Cc1ccccc1. The molecule has 0 aliphatic carbocycles. The van der Waals surface area contributed by atoms with Crippen molar-refractivity contribution in [2.75, 3.05) is 31.2 Å². The molecule has 27 heavy (non-hydrogen) atoms. The summed E-state index contributed by atoms with van der Waals surface area (Å²) in [6.07, 6.45) is 3.18. The van der Waals surface area contributed by atoms with Crippen LogP contribution >= 0.6 is 0 Å². The summed E-state index contributed by atoms with van der Waals surface area (Å²) < 4.78 is 11.5. The Balaban J connectivity index is 1.42. The maximum atomic E-state index is 12.5. The molecule has 3 heterocycles. The summed E-state index contributed by atoms with van der Waals surface area (Å²) >= 11 is 0. The molecule has 0 saturated carbocycles. The predicted octanol–water partition coefficient (Wildman–Crippen LogP) is 2.46. The average Bonchev–Trinajstić information content (AvgIpc) is 3.17. The third kappa shape index (κ3) is 3.95. The number of piperidine rings is 1. The summed E-state index contributed by atoms with van der Waals surface area (Å²) in [4.78, 5) is 18.9. The van der Waals surface area contributed by atoms with Crippen LogP contribution in [0.4, 0.5) is 5.69 Å². The number of ether oxygens (including phenoxy) is 2. The number of hydrogen-bond acceptors (Lipinski definition) is 6. The quantitative estimate of drug-likeness (QED) is 0.659. The largest absolute Gasteiger partial charge is 0.371 e. The van der Waals surface area contributed by atoms with Gasteiger partial charge in [-0.3, -0.25) is 15.0 Å². The van der Waals surface area contributed by atoms with Crippen LogP contribution in [-0.4, -0.2) is 53.3 Å². The molecule has 1 N–H and O–H groups in total. The summed E-state index contributed by atoms with van der Waals surface area (Å²) in [5.41, 5.74) is 1.98. The van der Waals surface area contributed by atoms with Gasteiger partial charge in [-0.05, 0) is 17.7 Å². The molecule has 1 aromatic carbocycles. The van der Waals surface area contributed by atoms with Crippen LogP contribution in [0.3, 0.4) is 0 Å². The van der Waals surface area contributed by atoms with Crippen LogP contribution in [0.1, 0.15) is 28.9 Å². The topological polar surface area (TPSA) is 75.1 Å². The summed E-state index contributed by atoms with van der Waals surface area (Å²) in [6, 6.07) is 13.0. The standard InChI is InChI=1S/C20H23N3O4/c24-19(23(25)15-16-4-2-1-3-5-16)18-14-17(6-9-21-18)22-10-7-20(8-11-22)26-12-13-27-20/h1-6,9,14,25H,7-8,10-13,15H2. The van der Waals surface area contributed by atoms with E-state index in [9.17, 15) is 10.0 Å². The van der Waals surface area contributed by atoms with Gasteiger partial charge in [-0.25, -0.2) is 5.06 Å². The van der Waals surface area contributed by atoms with E-state index in [1.807, 2.05) is 36.4 Å². The second-order valence-corrected chi connectivity index (χ2v) is 6.84. The van der Waals surface area contributed by atoms with Crippen LogP contribution in [-0.2, 0) is 16.0 Å². The van der Waals surface area contributed by atoms with Crippen LogP contribution in [0.25, 0.3) is 0 Å². The van der Waals surface area contributed by atoms with Crippen molar-refractivity contribution in [2.24, 2.45) is 0 Å². The minimum atomic E-state index is -0.517. The fourth-order valence-electron chi connectivity index (χ4n) is 3.58. The van der Waals surface area contributed by atoms with Gasteiger partial charge in [-0.2, -0.15) is 0 Å². The van der Waals surface area contributed by atoms with E-state index in [0.29, 0.717) is 18.3 Å². The Labute approximate surface area is 158 Å². The Bertz CT molecular complexity index is 783. The first-order chi connectivity index (χ1) is 13.2. The van der Waals surface area contributed by atoms with Gasteiger partial charge in [0.1, 0.15) is 5.69 Å². The lowest BCUT2D eigenvalue weighted by atomic mass is 10.0. The lowest BCUT2D eigenvalue weighted by Crippen LogP contribution is -2.45. The smallest absolute Gasteiger partial charge is 0.296 e. The number of amides is 1. The second-order valence-electron chi connectivity index (χ2n) is 6.84. The molecular weight excluding hydrogens is 346 g/mol. The maximum absolute atomic E-state index is 12.5. The van der Waals surface area contributed by atoms with E-state index in [2.05, 4.69) is 9.88 Å². The van der Waals surface area contributed by atoms with Crippen molar-refractivity contribution in [3.8, 4) is 0 Å². The molecule has 1 spiro atoms. The molecule has 0 radical (unpaired) electrons. The molecule has 2 aromatic rings. The maximum Gasteiger partial charge on any atom is 0.296 e. The molecule has 2 aliphatic heterocycles. The van der Waals surface area contributed by atoms with E-state index in [0.717, 1.165) is 37.2 Å². The van der Waals surface area contributed by atoms with E-state index in [1.54, 1.807) is 12.3 Å². The molecule has 1 aromatic heterocycles. The molecule has 4 rings (SSSR count). The first kappa shape index (κ1) is 17.9. The van der Waals surface area contributed by atoms with Crippen molar-refractivity contribution < 1.29 is 19.5 Å². The van der Waals surface area contributed by atoms with E-state index in [1.165, 1.54) is 0 Å². The van der Waals surface area contributed by atoms with E-state index in [-0.39, 0.29) is 12.2 Å². The summed E-state index contributed by atoms with van der Waals surface area (Å²) in [7, 11) is 0. The Kier molecular flexibility index (Phi) is 5.07. The molecule has 7 nitrogen and oxygen atoms in total. The fourth-order valence-corrected chi connectivity index (χ4v) is 3.58. The molecule has 142 valence electrons. The first-order valence-corrected chi connectivity index (χ1v) is 9.19. The van der Waals surface area contributed by atoms with Gasteiger partial charge in [0.25, 0.3) is 5.91 Å². The molecule has 0 bridgehead atoms. The van der Waals surface area contributed by atoms with Crippen molar-refractivity contribution in [1.29, 1.82) is 0 Å². The second kappa shape index (κ2) is 7.64. The van der Waals surface area contributed by atoms with Crippen molar-refractivity contribution in [3.05, 3.63) is 59.9 Å². The highest BCUT2D eigenvalue weighted by atomic mass is 16.7. The predicted molar refractivity (Wildman–Crippen MR) is 98.4 cm³/mol. The summed E-state index contributed by atoms with van der Waals surface area (Å²) in [5.74, 6) is -0.948. The van der Waals surface area contributed by atoms with Gasteiger partial charge in [0, 0.05) is 37.8 Å². The van der Waals surface area contributed by atoms with Crippen LogP contribution in [0, 0.1) is 0 Å². The summed E-state index contributed by atoms with van der Waals surface area (Å²) in [6.45, 7) is 2.99. The van der Waals surface area contributed by atoms with E-state index < -0.39 is 11.7 Å².